The first-order chi connectivity index (χ1) is 6.79. The fourth-order valence-corrected chi connectivity index (χ4v) is 2.70. The van der Waals surface area contributed by atoms with Gasteiger partial charge in [0.05, 0.1) is 6.07 Å². The van der Waals surface area contributed by atoms with Gasteiger partial charge in [0, 0.05) is 30.8 Å². The summed E-state index contributed by atoms with van der Waals surface area (Å²) in [5.74, 6) is 0.548. The molecule has 2 aliphatic rings. The van der Waals surface area contributed by atoms with Gasteiger partial charge < -0.3 is 5.32 Å². The van der Waals surface area contributed by atoms with E-state index in [-0.39, 0.29) is 5.92 Å². The summed E-state index contributed by atoms with van der Waals surface area (Å²) in [6.07, 6.45) is 5.31. The molecule has 2 bridgehead atoms. The minimum absolute atomic E-state index is 0.238. The maximum Gasteiger partial charge on any atom is 0.137 e. The van der Waals surface area contributed by atoms with Gasteiger partial charge in [0.15, 0.2) is 0 Å². The maximum atomic E-state index is 11.7. The Bertz CT molecular complexity index is 257. The molecular weight excluding hydrogens is 176 g/mol. The highest BCUT2D eigenvalue weighted by molar-refractivity contribution is 5.81. The number of hydrogen-bond acceptors (Lipinski definition) is 3. The Morgan fingerprint density at radius 2 is 2.00 bits per heavy atom. The standard InChI is InChI=1S/C11H16N2O/c12-5-1-2-11(14)8-6-9-3-4-10(7-8)13-9/h8-10,13H,1-4,6-7H2. The fraction of sp³-hybridized carbons (Fsp3) is 0.818. The van der Waals surface area contributed by atoms with Crippen LogP contribution in [-0.2, 0) is 4.79 Å². The van der Waals surface area contributed by atoms with Gasteiger partial charge >= 0.3 is 0 Å². The predicted octanol–water partition coefficient (Wildman–Crippen LogP) is 1.39. The summed E-state index contributed by atoms with van der Waals surface area (Å²) in [5, 5.41) is 11.9. The van der Waals surface area contributed by atoms with E-state index in [0.717, 1.165) is 12.8 Å². The molecule has 0 spiro atoms. The molecule has 2 rings (SSSR count). The molecule has 0 saturated carbocycles. The number of Topliss-reactive ketones (excluding diaryl/α,β-unsaturated/α-hetero) is 1. The molecule has 2 unspecified atom stereocenters. The van der Waals surface area contributed by atoms with Crippen LogP contribution in [0, 0.1) is 17.2 Å². The van der Waals surface area contributed by atoms with Crippen LogP contribution < -0.4 is 5.32 Å². The number of nitrogens with one attached hydrogen (secondary N) is 1. The Balaban J connectivity index is 1.87. The van der Waals surface area contributed by atoms with Gasteiger partial charge in [-0.15, -0.1) is 0 Å². The van der Waals surface area contributed by atoms with E-state index < -0.39 is 0 Å². The van der Waals surface area contributed by atoms with Gasteiger partial charge in [0.25, 0.3) is 0 Å². The molecule has 3 nitrogen and oxygen atoms in total. The van der Waals surface area contributed by atoms with Crippen molar-refractivity contribution in [1.29, 1.82) is 5.26 Å². The Morgan fingerprint density at radius 1 is 1.36 bits per heavy atom. The van der Waals surface area contributed by atoms with E-state index in [1.54, 1.807) is 0 Å². The number of nitriles is 1. The average molecular weight is 192 g/mol. The topological polar surface area (TPSA) is 52.9 Å². The zero-order valence-corrected chi connectivity index (χ0v) is 8.33. The normalized spacial score (nSPS) is 35.2. The van der Waals surface area contributed by atoms with Gasteiger partial charge in [0.1, 0.15) is 5.78 Å². The van der Waals surface area contributed by atoms with Crippen LogP contribution in [0.5, 0.6) is 0 Å². The highest BCUT2D eigenvalue weighted by Gasteiger charge is 2.35. The number of carbonyl (C=O) groups is 1. The molecule has 0 aromatic carbocycles. The summed E-state index contributed by atoms with van der Waals surface area (Å²) in [6.45, 7) is 0. The van der Waals surface area contributed by atoms with E-state index in [9.17, 15) is 4.79 Å². The quantitative estimate of drug-likeness (QED) is 0.735. The summed E-state index contributed by atoms with van der Waals surface area (Å²) in [6, 6.07) is 3.19. The first-order valence-corrected chi connectivity index (χ1v) is 5.45. The number of fused-ring (bicyclic) bond motifs is 2. The van der Waals surface area contributed by atoms with Crippen LogP contribution in [0.25, 0.3) is 0 Å². The molecule has 0 aromatic rings. The van der Waals surface area contributed by atoms with Crippen molar-refractivity contribution in [2.24, 2.45) is 5.92 Å². The first-order valence-electron chi connectivity index (χ1n) is 5.45. The Morgan fingerprint density at radius 3 is 2.57 bits per heavy atom. The molecule has 2 heterocycles. The molecule has 2 saturated heterocycles. The lowest BCUT2D eigenvalue weighted by Crippen LogP contribution is -2.40. The minimum Gasteiger partial charge on any atom is -0.311 e. The Labute approximate surface area is 84.5 Å². The molecule has 0 amide bonds. The van der Waals surface area contributed by atoms with Crippen molar-refractivity contribution in [3.63, 3.8) is 0 Å². The van der Waals surface area contributed by atoms with Crippen LogP contribution in [-0.4, -0.2) is 17.9 Å². The van der Waals surface area contributed by atoms with Crippen molar-refractivity contribution in [2.75, 3.05) is 0 Å². The predicted molar refractivity (Wildman–Crippen MR) is 52.5 cm³/mol. The Kier molecular flexibility index (Phi) is 2.83. The van der Waals surface area contributed by atoms with Crippen LogP contribution in [0.4, 0.5) is 0 Å². The summed E-state index contributed by atoms with van der Waals surface area (Å²) < 4.78 is 0. The van der Waals surface area contributed by atoms with Crippen molar-refractivity contribution in [3.8, 4) is 6.07 Å². The molecule has 0 radical (unpaired) electrons. The van der Waals surface area contributed by atoms with E-state index in [1.165, 1.54) is 12.8 Å². The number of nitrogens with zero attached hydrogens (tertiary/aromatic N) is 1. The number of hydrogen-bond donors (Lipinski definition) is 1. The molecule has 2 atom stereocenters. The van der Waals surface area contributed by atoms with Crippen molar-refractivity contribution in [1.82, 2.24) is 5.32 Å². The molecule has 3 heteroatoms. The van der Waals surface area contributed by atoms with Crippen LogP contribution in [0.15, 0.2) is 0 Å². The van der Waals surface area contributed by atoms with E-state index in [0.29, 0.717) is 30.7 Å². The van der Waals surface area contributed by atoms with Gasteiger partial charge in [-0.05, 0) is 25.7 Å². The largest absolute Gasteiger partial charge is 0.311 e. The monoisotopic (exact) mass is 192 g/mol. The lowest BCUT2D eigenvalue weighted by Gasteiger charge is -2.27. The molecule has 1 N–H and O–H groups in total. The molecule has 2 fully saturated rings. The number of carbonyl (C=O) groups excluding carboxylic acids is 1. The van der Waals surface area contributed by atoms with Crippen LogP contribution in [0.3, 0.4) is 0 Å². The Hall–Kier alpha value is -0.880. The van der Waals surface area contributed by atoms with E-state index >= 15 is 0 Å². The van der Waals surface area contributed by atoms with E-state index in [2.05, 4.69) is 5.32 Å². The third kappa shape index (κ3) is 1.96. The molecule has 14 heavy (non-hydrogen) atoms. The van der Waals surface area contributed by atoms with Crippen molar-refractivity contribution in [2.45, 2.75) is 50.6 Å². The summed E-state index contributed by atoms with van der Waals surface area (Å²) in [7, 11) is 0. The average Bonchev–Trinajstić information content (AvgIpc) is 2.54. The van der Waals surface area contributed by atoms with Crippen LogP contribution >= 0.6 is 0 Å². The highest BCUT2D eigenvalue weighted by Crippen LogP contribution is 2.31. The third-order valence-electron chi connectivity index (χ3n) is 3.41. The lowest BCUT2D eigenvalue weighted by atomic mass is 9.87. The highest BCUT2D eigenvalue weighted by atomic mass is 16.1. The van der Waals surface area contributed by atoms with Gasteiger partial charge in [0.2, 0.25) is 0 Å². The summed E-state index contributed by atoms with van der Waals surface area (Å²) >= 11 is 0. The second-order valence-electron chi connectivity index (χ2n) is 4.43. The SMILES string of the molecule is N#CCCC(=O)C1CC2CCC(C1)N2. The third-order valence-corrected chi connectivity index (χ3v) is 3.41. The number of ketones is 1. The lowest BCUT2D eigenvalue weighted by molar-refractivity contribution is -0.123. The first kappa shape index (κ1) is 9.67. The number of piperidine rings is 1. The van der Waals surface area contributed by atoms with Crippen molar-refractivity contribution in [3.05, 3.63) is 0 Å². The molecule has 76 valence electrons. The smallest absolute Gasteiger partial charge is 0.137 e. The second-order valence-corrected chi connectivity index (χ2v) is 4.43. The van der Waals surface area contributed by atoms with E-state index in [1.807, 2.05) is 6.07 Å². The van der Waals surface area contributed by atoms with Crippen LogP contribution in [0.2, 0.25) is 0 Å². The summed E-state index contributed by atoms with van der Waals surface area (Å²) in [4.78, 5) is 11.7. The summed E-state index contributed by atoms with van der Waals surface area (Å²) in [5.41, 5.74) is 0. The van der Waals surface area contributed by atoms with Crippen molar-refractivity contribution >= 4 is 5.78 Å². The molecule has 2 aliphatic heterocycles. The molecular formula is C11H16N2O. The zero-order chi connectivity index (χ0) is 9.97. The van der Waals surface area contributed by atoms with Gasteiger partial charge in [-0.2, -0.15) is 5.26 Å². The maximum absolute atomic E-state index is 11.7. The van der Waals surface area contributed by atoms with Gasteiger partial charge in [-0.1, -0.05) is 0 Å². The molecule has 0 aromatic heterocycles. The van der Waals surface area contributed by atoms with Gasteiger partial charge in [-0.25, -0.2) is 0 Å². The fourth-order valence-electron chi connectivity index (χ4n) is 2.70. The van der Waals surface area contributed by atoms with Gasteiger partial charge in [-0.3, -0.25) is 4.79 Å². The zero-order valence-electron chi connectivity index (χ0n) is 8.33. The minimum atomic E-state index is 0.238. The van der Waals surface area contributed by atoms with Crippen LogP contribution in [0.1, 0.15) is 38.5 Å². The molecule has 0 aliphatic carbocycles. The van der Waals surface area contributed by atoms with E-state index in [4.69, 9.17) is 5.26 Å². The van der Waals surface area contributed by atoms with Crippen molar-refractivity contribution < 1.29 is 4.79 Å². The number of rotatable bonds is 3. The second kappa shape index (κ2) is 4.10.